The molecule has 3 nitrogen and oxygen atoms in total. The summed E-state index contributed by atoms with van der Waals surface area (Å²) >= 11 is 0. The number of hydrogen-bond donors (Lipinski definition) is 1. The fourth-order valence-corrected chi connectivity index (χ4v) is 2.35. The van der Waals surface area contributed by atoms with Crippen molar-refractivity contribution in [3.8, 4) is 5.75 Å². The summed E-state index contributed by atoms with van der Waals surface area (Å²) in [4.78, 5) is 12.1. The molecule has 2 aromatic carbocycles. The molecule has 0 saturated carbocycles. The van der Waals surface area contributed by atoms with Gasteiger partial charge >= 0.3 is 0 Å². The second-order valence-electron chi connectivity index (χ2n) is 5.61. The van der Waals surface area contributed by atoms with Gasteiger partial charge in [-0.05, 0) is 30.7 Å². The molecular formula is C20H25NO2. The van der Waals surface area contributed by atoms with Crippen molar-refractivity contribution in [2.24, 2.45) is 0 Å². The molecule has 1 amide bonds. The molecule has 0 fully saturated rings. The maximum atomic E-state index is 12.1. The third kappa shape index (κ3) is 6.15. The maximum Gasteiger partial charge on any atom is 0.255 e. The first-order chi connectivity index (χ1) is 11.3. The maximum absolute atomic E-state index is 12.1. The highest BCUT2D eigenvalue weighted by atomic mass is 16.5. The van der Waals surface area contributed by atoms with Gasteiger partial charge in [-0.3, -0.25) is 4.79 Å². The molecule has 1 N–H and O–H groups in total. The van der Waals surface area contributed by atoms with E-state index in [2.05, 4.69) is 12.2 Å². The molecule has 3 heteroatoms. The molecule has 23 heavy (non-hydrogen) atoms. The number of unbranched alkanes of at least 4 members (excludes halogenated alkanes) is 4. The van der Waals surface area contributed by atoms with E-state index >= 15 is 0 Å². The zero-order valence-electron chi connectivity index (χ0n) is 13.8. The largest absolute Gasteiger partial charge is 0.494 e. The SMILES string of the molecule is CCCCCCCOc1cccc(NC(=O)c2ccccc2)c1. The van der Waals surface area contributed by atoms with Gasteiger partial charge < -0.3 is 10.1 Å². The van der Waals surface area contributed by atoms with Gasteiger partial charge in [0.2, 0.25) is 0 Å². The van der Waals surface area contributed by atoms with Crippen LogP contribution in [0, 0.1) is 0 Å². The fraction of sp³-hybridized carbons (Fsp3) is 0.350. The Morgan fingerprint density at radius 3 is 2.52 bits per heavy atom. The fourth-order valence-electron chi connectivity index (χ4n) is 2.35. The number of carbonyl (C=O) groups is 1. The lowest BCUT2D eigenvalue weighted by molar-refractivity contribution is 0.102. The van der Waals surface area contributed by atoms with E-state index in [1.54, 1.807) is 12.1 Å². The smallest absolute Gasteiger partial charge is 0.255 e. The Kier molecular flexibility index (Phi) is 7.18. The first-order valence-electron chi connectivity index (χ1n) is 8.39. The Morgan fingerprint density at radius 2 is 1.74 bits per heavy atom. The predicted molar refractivity (Wildman–Crippen MR) is 95.1 cm³/mol. The van der Waals surface area contributed by atoms with Crippen LogP contribution >= 0.6 is 0 Å². The summed E-state index contributed by atoms with van der Waals surface area (Å²) in [7, 11) is 0. The first-order valence-corrected chi connectivity index (χ1v) is 8.39. The number of hydrogen-bond acceptors (Lipinski definition) is 2. The summed E-state index contributed by atoms with van der Waals surface area (Å²) in [5, 5.41) is 2.90. The number of ether oxygens (including phenoxy) is 1. The lowest BCUT2D eigenvalue weighted by Crippen LogP contribution is -2.11. The standard InChI is InChI=1S/C20H25NO2/c1-2-3-4-5-9-15-23-19-14-10-13-18(16-19)21-20(22)17-11-7-6-8-12-17/h6-8,10-14,16H,2-5,9,15H2,1H3,(H,21,22). The molecule has 0 atom stereocenters. The second-order valence-corrected chi connectivity index (χ2v) is 5.61. The van der Waals surface area contributed by atoms with Crippen molar-refractivity contribution in [2.45, 2.75) is 39.0 Å². The summed E-state index contributed by atoms with van der Waals surface area (Å²) in [6, 6.07) is 16.8. The molecule has 0 aromatic heterocycles. The van der Waals surface area contributed by atoms with Gasteiger partial charge in [-0.1, -0.05) is 56.9 Å². The monoisotopic (exact) mass is 311 g/mol. The number of benzene rings is 2. The number of rotatable bonds is 9. The van der Waals surface area contributed by atoms with Crippen LogP contribution in [0.1, 0.15) is 49.4 Å². The van der Waals surface area contributed by atoms with Crippen molar-refractivity contribution in [1.29, 1.82) is 0 Å². The Bertz CT molecular complexity index is 596. The summed E-state index contributed by atoms with van der Waals surface area (Å²) in [5.41, 5.74) is 1.40. The molecule has 0 aliphatic carbocycles. The minimum atomic E-state index is -0.109. The minimum absolute atomic E-state index is 0.109. The average molecular weight is 311 g/mol. The van der Waals surface area contributed by atoms with Gasteiger partial charge in [-0.2, -0.15) is 0 Å². The summed E-state index contributed by atoms with van der Waals surface area (Å²) in [6.07, 6.45) is 6.09. The highest BCUT2D eigenvalue weighted by molar-refractivity contribution is 6.04. The molecule has 122 valence electrons. The van der Waals surface area contributed by atoms with Crippen LogP contribution in [0.3, 0.4) is 0 Å². The van der Waals surface area contributed by atoms with Crippen molar-refractivity contribution in [1.82, 2.24) is 0 Å². The van der Waals surface area contributed by atoms with Crippen LogP contribution in [0.25, 0.3) is 0 Å². The van der Waals surface area contributed by atoms with Crippen LogP contribution in [-0.4, -0.2) is 12.5 Å². The molecule has 0 bridgehead atoms. The molecule has 0 spiro atoms. The normalized spacial score (nSPS) is 10.3. The molecule has 0 saturated heterocycles. The number of nitrogens with one attached hydrogen (secondary N) is 1. The molecule has 0 radical (unpaired) electrons. The van der Waals surface area contributed by atoms with E-state index in [4.69, 9.17) is 4.74 Å². The molecule has 0 heterocycles. The van der Waals surface area contributed by atoms with Crippen molar-refractivity contribution in [3.05, 3.63) is 60.2 Å². The number of carbonyl (C=O) groups excluding carboxylic acids is 1. The minimum Gasteiger partial charge on any atom is -0.494 e. The van der Waals surface area contributed by atoms with Crippen molar-refractivity contribution in [3.63, 3.8) is 0 Å². The zero-order valence-corrected chi connectivity index (χ0v) is 13.8. The topological polar surface area (TPSA) is 38.3 Å². The van der Waals surface area contributed by atoms with E-state index < -0.39 is 0 Å². The van der Waals surface area contributed by atoms with Crippen molar-refractivity contribution < 1.29 is 9.53 Å². The van der Waals surface area contributed by atoms with E-state index in [-0.39, 0.29) is 5.91 Å². The second kappa shape index (κ2) is 9.67. The molecule has 2 aromatic rings. The van der Waals surface area contributed by atoms with E-state index in [1.165, 1.54) is 25.7 Å². The van der Waals surface area contributed by atoms with Crippen LogP contribution in [-0.2, 0) is 0 Å². The van der Waals surface area contributed by atoms with Crippen LogP contribution in [0.4, 0.5) is 5.69 Å². The average Bonchev–Trinajstić information content (AvgIpc) is 2.59. The van der Waals surface area contributed by atoms with Gasteiger partial charge in [0, 0.05) is 17.3 Å². The molecule has 0 unspecified atom stereocenters. The zero-order chi connectivity index (χ0) is 16.3. The summed E-state index contributed by atoms with van der Waals surface area (Å²) in [6.45, 7) is 2.94. The molecular weight excluding hydrogens is 286 g/mol. The summed E-state index contributed by atoms with van der Waals surface area (Å²) < 4.78 is 5.76. The van der Waals surface area contributed by atoms with Gasteiger partial charge in [-0.25, -0.2) is 0 Å². The van der Waals surface area contributed by atoms with E-state index in [0.717, 1.165) is 24.5 Å². The third-order valence-electron chi connectivity index (χ3n) is 3.64. The molecule has 0 aliphatic heterocycles. The Labute approximate surface area is 138 Å². The Balaban J connectivity index is 1.81. The quantitative estimate of drug-likeness (QED) is 0.639. The van der Waals surface area contributed by atoms with Gasteiger partial charge in [0.1, 0.15) is 5.75 Å². The first kappa shape index (κ1) is 17.1. The lowest BCUT2D eigenvalue weighted by atomic mass is 10.2. The molecule has 2 rings (SSSR count). The number of anilines is 1. The molecule has 0 aliphatic rings. The highest BCUT2D eigenvalue weighted by Gasteiger charge is 2.05. The van der Waals surface area contributed by atoms with Gasteiger partial charge in [0.05, 0.1) is 6.61 Å². The van der Waals surface area contributed by atoms with Crippen LogP contribution in [0.15, 0.2) is 54.6 Å². The predicted octanol–water partition coefficient (Wildman–Crippen LogP) is 5.29. The summed E-state index contributed by atoms with van der Waals surface area (Å²) in [5.74, 6) is 0.689. The third-order valence-corrected chi connectivity index (χ3v) is 3.64. The van der Waals surface area contributed by atoms with E-state index in [0.29, 0.717) is 5.56 Å². The Morgan fingerprint density at radius 1 is 0.957 bits per heavy atom. The van der Waals surface area contributed by atoms with E-state index in [1.807, 2.05) is 42.5 Å². The van der Waals surface area contributed by atoms with Crippen LogP contribution in [0.2, 0.25) is 0 Å². The van der Waals surface area contributed by atoms with Crippen LogP contribution < -0.4 is 10.1 Å². The van der Waals surface area contributed by atoms with Crippen molar-refractivity contribution >= 4 is 11.6 Å². The van der Waals surface area contributed by atoms with Crippen LogP contribution in [0.5, 0.6) is 5.75 Å². The lowest BCUT2D eigenvalue weighted by Gasteiger charge is -2.09. The van der Waals surface area contributed by atoms with Gasteiger partial charge in [-0.15, -0.1) is 0 Å². The van der Waals surface area contributed by atoms with Gasteiger partial charge in [0.25, 0.3) is 5.91 Å². The Hall–Kier alpha value is -2.29. The number of amides is 1. The highest BCUT2D eigenvalue weighted by Crippen LogP contribution is 2.18. The van der Waals surface area contributed by atoms with Crippen molar-refractivity contribution in [2.75, 3.05) is 11.9 Å². The van der Waals surface area contributed by atoms with Gasteiger partial charge in [0.15, 0.2) is 0 Å². The van der Waals surface area contributed by atoms with E-state index in [9.17, 15) is 4.79 Å².